The van der Waals surface area contributed by atoms with Crippen LogP contribution in [0.1, 0.15) is 52.5 Å². The van der Waals surface area contributed by atoms with Crippen LogP contribution in [0, 0.1) is 20.8 Å². The molecule has 2 aromatic heterocycles. The highest BCUT2D eigenvalue weighted by Gasteiger charge is 2.14. The van der Waals surface area contributed by atoms with E-state index in [0.717, 1.165) is 6.42 Å². The minimum Gasteiger partial charge on any atom is -0.353 e. The van der Waals surface area contributed by atoms with Gasteiger partial charge in [-0.3, -0.25) is 9.98 Å². The molecule has 2 atom stereocenters. The van der Waals surface area contributed by atoms with Gasteiger partial charge in [-0.25, -0.2) is 0 Å². The first-order valence-electron chi connectivity index (χ1n) is 9.13. The van der Waals surface area contributed by atoms with Crippen LogP contribution in [-0.2, 0) is 6.42 Å². The highest BCUT2D eigenvalue weighted by atomic mass is 32.1. The first-order valence-corrected chi connectivity index (χ1v) is 10.8. The predicted molar refractivity (Wildman–Crippen MR) is 123 cm³/mol. The summed E-state index contributed by atoms with van der Waals surface area (Å²) in [5.41, 5.74) is 2.71. The molecule has 4 nitrogen and oxygen atoms in total. The van der Waals surface area contributed by atoms with Gasteiger partial charge >= 0.3 is 0 Å². The molecule has 0 aromatic carbocycles. The zero-order chi connectivity index (χ0) is 19.2. The molecule has 0 bridgehead atoms. The van der Waals surface area contributed by atoms with E-state index in [0.29, 0.717) is 0 Å². The molecule has 6 heteroatoms. The van der Waals surface area contributed by atoms with Crippen molar-refractivity contribution in [2.24, 2.45) is 9.98 Å². The van der Waals surface area contributed by atoms with E-state index >= 15 is 0 Å². The predicted octanol–water partition coefficient (Wildman–Crippen LogP) is 5.85. The number of aliphatic imine (C=N–C) groups is 2. The Labute approximate surface area is 172 Å². The van der Waals surface area contributed by atoms with Crippen LogP contribution >= 0.6 is 22.7 Å². The summed E-state index contributed by atoms with van der Waals surface area (Å²) in [6.45, 7) is 8.63. The van der Waals surface area contributed by atoms with Gasteiger partial charge in [-0.2, -0.15) is 0 Å². The fourth-order valence-corrected chi connectivity index (χ4v) is 5.23. The number of thiophene rings is 2. The Morgan fingerprint density at radius 2 is 1.44 bits per heavy atom. The van der Waals surface area contributed by atoms with Crippen molar-refractivity contribution in [3.63, 3.8) is 0 Å². The molecule has 27 heavy (non-hydrogen) atoms. The second-order valence-corrected chi connectivity index (χ2v) is 8.97. The Kier molecular flexibility index (Phi) is 6.63. The average molecular weight is 403 g/mol. The van der Waals surface area contributed by atoms with Crippen molar-refractivity contribution in [3.8, 4) is 0 Å². The highest BCUT2D eigenvalue weighted by Crippen LogP contribution is 2.32. The standard InChI is InChI=1S/C11H14N2S.C10H12N2S.2H2/c1-3-9-6-8(2)11(14-9)10-4-5-12-7-13-10;1-7-5-8(2)13-10(7)9-3-4-11-6-12-9;;/h4-7,10H,3H2,1-2H3,(H,12,13);3-6,9H,1-2H3,(H,11,12);2*1H. The van der Waals surface area contributed by atoms with Crippen LogP contribution in [0.15, 0.2) is 46.7 Å². The molecular weight excluding hydrogens is 372 g/mol. The molecule has 0 aliphatic carbocycles. The Bertz CT molecular complexity index is 873. The number of hydrogen-bond acceptors (Lipinski definition) is 6. The van der Waals surface area contributed by atoms with E-state index in [2.05, 4.69) is 72.6 Å². The summed E-state index contributed by atoms with van der Waals surface area (Å²) in [5, 5.41) is 5.90. The van der Waals surface area contributed by atoms with Crippen LogP contribution < -0.4 is 10.6 Å². The summed E-state index contributed by atoms with van der Waals surface area (Å²) in [7, 11) is 0. The molecule has 0 fully saturated rings. The Balaban J connectivity index is 0.000000272. The van der Waals surface area contributed by atoms with Gasteiger partial charge in [-0.1, -0.05) is 6.92 Å². The molecule has 2 aromatic rings. The number of aryl methyl sites for hydroxylation is 4. The molecule has 146 valence electrons. The lowest BCUT2D eigenvalue weighted by Crippen LogP contribution is -2.08. The zero-order valence-electron chi connectivity index (χ0n) is 16.2. The van der Waals surface area contributed by atoms with E-state index in [1.54, 1.807) is 12.7 Å². The molecule has 2 unspecified atom stereocenters. The summed E-state index contributed by atoms with van der Waals surface area (Å²) >= 11 is 3.70. The van der Waals surface area contributed by atoms with Crippen molar-refractivity contribution in [2.45, 2.75) is 46.2 Å². The fraction of sp³-hybridized carbons (Fsp3) is 0.333. The van der Waals surface area contributed by atoms with E-state index in [9.17, 15) is 0 Å². The van der Waals surface area contributed by atoms with E-state index in [4.69, 9.17) is 0 Å². The second-order valence-electron chi connectivity index (χ2n) is 6.52. The summed E-state index contributed by atoms with van der Waals surface area (Å²) in [6, 6.07) is 4.93. The van der Waals surface area contributed by atoms with Crippen LogP contribution in [0.4, 0.5) is 0 Å². The Hall–Kier alpha value is -2.18. The molecule has 0 amide bonds. The quantitative estimate of drug-likeness (QED) is 0.677. The van der Waals surface area contributed by atoms with Gasteiger partial charge in [0.25, 0.3) is 0 Å². The van der Waals surface area contributed by atoms with Crippen LogP contribution in [-0.4, -0.2) is 12.7 Å². The number of nitrogens with one attached hydrogen (secondary N) is 2. The number of rotatable bonds is 3. The highest BCUT2D eigenvalue weighted by molar-refractivity contribution is 7.12. The number of hydrogen-bond donors (Lipinski definition) is 2. The van der Waals surface area contributed by atoms with E-state index in [-0.39, 0.29) is 14.9 Å². The zero-order valence-corrected chi connectivity index (χ0v) is 17.8. The SMILES string of the molecule is CCc1cc(C)c(C2C=CNC=N2)s1.Cc1cc(C)c(C2C=CNC=N2)s1.[HH].[HH]. The van der Waals surface area contributed by atoms with Crippen molar-refractivity contribution in [2.75, 3.05) is 0 Å². The largest absolute Gasteiger partial charge is 0.353 e. The third kappa shape index (κ3) is 4.96. The minimum atomic E-state index is 0. The van der Waals surface area contributed by atoms with Gasteiger partial charge in [0.1, 0.15) is 12.1 Å². The van der Waals surface area contributed by atoms with E-state index < -0.39 is 0 Å². The van der Waals surface area contributed by atoms with Gasteiger partial charge < -0.3 is 10.6 Å². The van der Waals surface area contributed by atoms with Crippen molar-refractivity contribution < 1.29 is 2.85 Å². The first-order chi connectivity index (χ1) is 13.1. The lowest BCUT2D eigenvalue weighted by molar-refractivity contribution is 0.897. The van der Waals surface area contributed by atoms with E-state index in [1.807, 2.05) is 35.1 Å². The van der Waals surface area contributed by atoms with Crippen molar-refractivity contribution in [1.29, 1.82) is 0 Å². The summed E-state index contributed by atoms with van der Waals surface area (Å²) in [5.74, 6) is 0. The first kappa shape index (κ1) is 19.6. The topological polar surface area (TPSA) is 48.8 Å². The summed E-state index contributed by atoms with van der Waals surface area (Å²) in [4.78, 5) is 14.3. The van der Waals surface area contributed by atoms with Crippen molar-refractivity contribution >= 4 is 35.4 Å². The third-order valence-corrected chi connectivity index (χ3v) is 7.02. The summed E-state index contributed by atoms with van der Waals surface area (Å²) in [6.07, 6.45) is 12.7. The molecule has 2 N–H and O–H groups in total. The van der Waals surface area contributed by atoms with Crippen molar-refractivity contribution in [1.82, 2.24) is 10.6 Å². The van der Waals surface area contributed by atoms with Gasteiger partial charge in [-0.15, -0.1) is 22.7 Å². The maximum Gasteiger partial charge on any atom is 0.106 e. The minimum absolute atomic E-state index is 0. The molecule has 4 rings (SSSR count). The normalized spacial score (nSPS) is 20.0. The average Bonchev–Trinajstić information content (AvgIpc) is 3.25. The molecule has 2 aliphatic rings. The molecular formula is C21H30N4S2. The van der Waals surface area contributed by atoms with Crippen LogP contribution in [0.25, 0.3) is 0 Å². The molecule has 2 aliphatic heterocycles. The molecule has 4 heterocycles. The van der Waals surface area contributed by atoms with Gasteiger partial charge in [-0.05, 0) is 62.6 Å². The third-order valence-electron chi connectivity index (χ3n) is 4.34. The van der Waals surface area contributed by atoms with E-state index in [1.165, 1.54) is 30.6 Å². The van der Waals surface area contributed by atoms with Gasteiger partial charge in [0, 0.05) is 34.8 Å². The van der Waals surface area contributed by atoms with Crippen molar-refractivity contribution in [3.05, 3.63) is 67.3 Å². The monoisotopic (exact) mass is 402 g/mol. The maximum atomic E-state index is 4.40. The molecule has 0 saturated heterocycles. The Morgan fingerprint density at radius 1 is 0.889 bits per heavy atom. The smallest absolute Gasteiger partial charge is 0.106 e. The summed E-state index contributed by atoms with van der Waals surface area (Å²) < 4.78 is 0. The van der Waals surface area contributed by atoms with Crippen LogP contribution in [0.5, 0.6) is 0 Å². The Morgan fingerprint density at radius 3 is 1.85 bits per heavy atom. The molecule has 0 saturated carbocycles. The lowest BCUT2D eigenvalue weighted by Gasteiger charge is -2.10. The van der Waals surface area contributed by atoms with Gasteiger partial charge in [0.15, 0.2) is 0 Å². The second kappa shape index (κ2) is 9.15. The number of nitrogens with zero attached hydrogens (tertiary/aromatic N) is 2. The fourth-order valence-electron chi connectivity index (χ4n) is 3.02. The molecule has 0 radical (unpaired) electrons. The van der Waals surface area contributed by atoms with Crippen LogP contribution in [0.2, 0.25) is 0 Å². The lowest BCUT2D eigenvalue weighted by atomic mass is 10.1. The van der Waals surface area contributed by atoms with Gasteiger partial charge in [0.05, 0.1) is 12.7 Å². The maximum absolute atomic E-state index is 4.40. The van der Waals surface area contributed by atoms with Gasteiger partial charge in [0.2, 0.25) is 0 Å². The van der Waals surface area contributed by atoms with Crippen LogP contribution in [0.3, 0.4) is 0 Å². The molecule has 0 spiro atoms.